The predicted octanol–water partition coefficient (Wildman–Crippen LogP) is 3.66. The molecule has 0 aliphatic heterocycles. The van der Waals surface area contributed by atoms with Crippen molar-refractivity contribution in [2.75, 3.05) is 11.9 Å². The topological polar surface area (TPSA) is 87.1 Å². The summed E-state index contributed by atoms with van der Waals surface area (Å²) < 4.78 is 0. The molecule has 2 aliphatic rings. The number of aliphatic hydroxyl groups is 1. The van der Waals surface area contributed by atoms with Crippen LogP contribution in [0.4, 0.5) is 5.95 Å². The minimum atomic E-state index is -0.187. The van der Waals surface area contributed by atoms with Gasteiger partial charge in [-0.05, 0) is 43.7 Å². The number of fused-ring (bicyclic) bond motifs is 1. The Morgan fingerprint density at radius 3 is 2.68 bits per heavy atom. The molecule has 0 unspecified atom stereocenters. The number of carbonyl (C=O) groups is 1. The maximum Gasteiger partial charge on any atom is 0.251 e. The van der Waals surface area contributed by atoms with Gasteiger partial charge >= 0.3 is 0 Å². The monoisotopic (exact) mass is 382 g/mol. The van der Waals surface area contributed by atoms with Gasteiger partial charge in [-0.1, -0.05) is 38.2 Å². The first-order chi connectivity index (χ1) is 13.7. The van der Waals surface area contributed by atoms with Crippen molar-refractivity contribution < 1.29 is 9.90 Å². The number of benzene rings is 1. The first-order valence-electron chi connectivity index (χ1n) is 10.7. The third-order valence-electron chi connectivity index (χ3n) is 6.18. The van der Waals surface area contributed by atoms with Crippen LogP contribution >= 0.6 is 0 Å². The van der Waals surface area contributed by atoms with Crippen LogP contribution in [-0.4, -0.2) is 39.7 Å². The summed E-state index contributed by atoms with van der Waals surface area (Å²) in [6.45, 7) is -0.0204. The van der Waals surface area contributed by atoms with Crippen LogP contribution in [0.1, 0.15) is 68.1 Å². The van der Waals surface area contributed by atoms with Crippen molar-refractivity contribution in [3.8, 4) is 0 Å². The molecule has 2 aliphatic carbocycles. The van der Waals surface area contributed by atoms with E-state index in [9.17, 15) is 9.90 Å². The Balaban J connectivity index is 1.43. The summed E-state index contributed by atoms with van der Waals surface area (Å²) in [5.74, 6) is 1.08. The van der Waals surface area contributed by atoms with Crippen LogP contribution in [-0.2, 0) is 0 Å². The van der Waals surface area contributed by atoms with Crippen molar-refractivity contribution in [1.29, 1.82) is 0 Å². The molecule has 3 N–H and O–H groups in total. The van der Waals surface area contributed by atoms with E-state index in [1.165, 1.54) is 38.5 Å². The quantitative estimate of drug-likeness (QED) is 0.680. The number of hydrogen-bond acceptors (Lipinski definition) is 5. The van der Waals surface area contributed by atoms with Gasteiger partial charge in [0, 0.05) is 23.2 Å². The van der Waals surface area contributed by atoms with Crippen molar-refractivity contribution in [3.05, 3.63) is 30.0 Å². The van der Waals surface area contributed by atoms with Crippen molar-refractivity contribution in [2.24, 2.45) is 5.92 Å². The van der Waals surface area contributed by atoms with Crippen molar-refractivity contribution >= 4 is 22.8 Å². The van der Waals surface area contributed by atoms with Crippen LogP contribution in [0.2, 0.25) is 0 Å². The molecule has 1 aromatic heterocycles. The fraction of sp³-hybridized carbons (Fsp3) is 0.591. The maximum absolute atomic E-state index is 12.7. The van der Waals surface area contributed by atoms with E-state index in [1.54, 1.807) is 12.3 Å². The molecule has 1 aromatic carbocycles. The third-order valence-corrected chi connectivity index (χ3v) is 6.18. The second-order valence-electron chi connectivity index (χ2n) is 8.33. The van der Waals surface area contributed by atoms with Gasteiger partial charge in [0.1, 0.15) is 0 Å². The smallest absolute Gasteiger partial charge is 0.251 e. The Morgan fingerprint density at radius 2 is 1.96 bits per heavy atom. The van der Waals surface area contributed by atoms with E-state index in [-0.39, 0.29) is 18.6 Å². The normalized spacial score (nSPS) is 19.2. The average Bonchev–Trinajstić information content (AvgIpc) is 2.70. The van der Waals surface area contributed by atoms with Gasteiger partial charge in [-0.2, -0.15) is 0 Å². The molecule has 4 rings (SSSR count). The largest absolute Gasteiger partial charge is 0.394 e. The van der Waals surface area contributed by atoms with Gasteiger partial charge in [-0.25, -0.2) is 9.97 Å². The molecule has 0 radical (unpaired) electrons. The highest BCUT2D eigenvalue weighted by Gasteiger charge is 2.21. The molecule has 1 heterocycles. The van der Waals surface area contributed by atoms with Crippen LogP contribution in [0.15, 0.2) is 24.4 Å². The van der Waals surface area contributed by atoms with Gasteiger partial charge in [0.15, 0.2) is 0 Å². The molecule has 2 fully saturated rings. The zero-order valence-corrected chi connectivity index (χ0v) is 16.4. The summed E-state index contributed by atoms with van der Waals surface area (Å²) in [4.78, 5) is 21.7. The van der Waals surface area contributed by atoms with Gasteiger partial charge in [-0.3, -0.25) is 4.79 Å². The number of aromatic nitrogens is 2. The Labute approximate surface area is 166 Å². The van der Waals surface area contributed by atoms with Gasteiger partial charge in [0.25, 0.3) is 5.91 Å². The first-order valence-corrected chi connectivity index (χ1v) is 10.7. The highest BCUT2D eigenvalue weighted by atomic mass is 16.3. The number of anilines is 1. The molecule has 1 atom stereocenters. The summed E-state index contributed by atoms with van der Waals surface area (Å²) >= 11 is 0. The fourth-order valence-corrected chi connectivity index (χ4v) is 4.24. The van der Waals surface area contributed by atoms with E-state index in [4.69, 9.17) is 0 Å². The molecule has 0 saturated heterocycles. The SMILES string of the molecule is O=C(N[C@H](CO)CC1CCCCC1)c1ccc2cnc(NC3CCC3)nc2c1. The molecule has 0 bridgehead atoms. The van der Waals surface area contributed by atoms with Crippen molar-refractivity contribution in [1.82, 2.24) is 15.3 Å². The second kappa shape index (κ2) is 8.86. The fourth-order valence-electron chi connectivity index (χ4n) is 4.24. The van der Waals surface area contributed by atoms with Crippen molar-refractivity contribution in [3.63, 3.8) is 0 Å². The molecule has 6 nitrogen and oxygen atoms in total. The highest BCUT2D eigenvalue weighted by Crippen LogP contribution is 2.27. The van der Waals surface area contributed by atoms with Gasteiger partial charge in [0.05, 0.1) is 18.2 Å². The zero-order valence-electron chi connectivity index (χ0n) is 16.4. The molecule has 150 valence electrons. The number of nitrogens with zero attached hydrogens (tertiary/aromatic N) is 2. The summed E-state index contributed by atoms with van der Waals surface area (Å²) in [6.07, 6.45) is 12.5. The van der Waals surface area contributed by atoms with Gasteiger partial charge < -0.3 is 15.7 Å². The van der Waals surface area contributed by atoms with Gasteiger partial charge in [0.2, 0.25) is 5.95 Å². The minimum Gasteiger partial charge on any atom is -0.394 e. The zero-order chi connectivity index (χ0) is 19.3. The number of carbonyl (C=O) groups excluding carboxylic acids is 1. The molecule has 2 saturated carbocycles. The van der Waals surface area contributed by atoms with E-state index >= 15 is 0 Å². The Kier molecular flexibility index (Phi) is 6.05. The summed E-state index contributed by atoms with van der Waals surface area (Å²) in [7, 11) is 0. The molecule has 1 amide bonds. The molecule has 2 aromatic rings. The number of aliphatic hydroxyl groups excluding tert-OH is 1. The van der Waals surface area contributed by atoms with Crippen LogP contribution < -0.4 is 10.6 Å². The molecule has 0 spiro atoms. The standard InChI is InChI=1S/C22H30N4O2/c27-14-19(11-15-5-2-1-3-6-15)24-21(28)16-9-10-17-13-23-22(26-20(17)12-16)25-18-7-4-8-18/h9-10,12-13,15,18-19,27H,1-8,11,14H2,(H,24,28)(H,23,25,26)/t19-/m0/s1. The minimum absolute atomic E-state index is 0.0204. The summed E-state index contributed by atoms with van der Waals surface area (Å²) in [5, 5.41) is 17.0. The lowest BCUT2D eigenvalue weighted by Gasteiger charge is -2.26. The molecule has 6 heteroatoms. The summed E-state index contributed by atoms with van der Waals surface area (Å²) in [5.41, 5.74) is 1.33. The predicted molar refractivity (Wildman–Crippen MR) is 110 cm³/mol. The van der Waals surface area contributed by atoms with E-state index in [0.717, 1.165) is 30.2 Å². The van der Waals surface area contributed by atoms with E-state index < -0.39 is 0 Å². The Hall–Kier alpha value is -2.21. The lowest BCUT2D eigenvalue weighted by Crippen LogP contribution is -2.39. The molecular weight excluding hydrogens is 352 g/mol. The lowest BCUT2D eigenvalue weighted by molar-refractivity contribution is 0.0902. The van der Waals surface area contributed by atoms with Gasteiger partial charge in [-0.15, -0.1) is 0 Å². The first kappa shape index (κ1) is 19.1. The number of rotatable bonds is 7. The number of hydrogen-bond donors (Lipinski definition) is 3. The third kappa shape index (κ3) is 4.61. The Morgan fingerprint density at radius 1 is 1.14 bits per heavy atom. The average molecular weight is 383 g/mol. The lowest BCUT2D eigenvalue weighted by atomic mass is 9.85. The van der Waals surface area contributed by atoms with E-state index in [1.807, 2.05) is 12.1 Å². The highest BCUT2D eigenvalue weighted by molar-refractivity contribution is 5.97. The Bertz CT molecular complexity index is 815. The van der Waals surface area contributed by atoms with Crippen molar-refractivity contribution in [2.45, 2.75) is 69.9 Å². The number of nitrogens with one attached hydrogen (secondary N) is 2. The van der Waals surface area contributed by atoms with Crippen LogP contribution in [0.3, 0.4) is 0 Å². The van der Waals surface area contributed by atoms with E-state index in [0.29, 0.717) is 23.5 Å². The van der Waals surface area contributed by atoms with Crippen LogP contribution in [0, 0.1) is 5.92 Å². The maximum atomic E-state index is 12.7. The molecule has 28 heavy (non-hydrogen) atoms. The second-order valence-corrected chi connectivity index (χ2v) is 8.33. The number of amides is 1. The van der Waals surface area contributed by atoms with Crippen LogP contribution in [0.5, 0.6) is 0 Å². The molecular formula is C22H30N4O2. The van der Waals surface area contributed by atoms with E-state index in [2.05, 4.69) is 20.6 Å². The summed E-state index contributed by atoms with van der Waals surface area (Å²) in [6, 6.07) is 5.77. The van der Waals surface area contributed by atoms with Crippen LogP contribution in [0.25, 0.3) is 10.9 Å².